The first-order valence-corrected chi connectivity index (χ1v) is 9.34. The Morgan fingerprint density at radius 3 is 2.82 bits per heavy atom. The smallest absolute Gasteiger partial charge is 0.242 e. The number of hydrogen-bond donors (Lipinski definition) is 0. The molecule has 28 heavy (non-hydrogen) atoms. The lowest BCUT2D eigenvalue weighted by Crippen LogP contribution is -2.51. The van der Waals surface area contributed by atoms with Gasteiger partial charge in [0.2, 0.25) is 23.5 Å². The lowest BCUT2D eigenvalue weighted by Gasteiger charge is -2.46. The van der Waals surface area contributed by atoms with Crippen molar-refractivity contribution in [2.45, 2.75) is 38.0 Å². The number of benzene rings is 1. The SMILES string of the molecule is COCc1nnc([C@]23CC[C@H]2CCN3Cc2nc(-c3ccc(F)cc3)no2)o1. The number of aromatic nitrogens is 4. The molecule has 5 rings (SSSR count). The largest absolute Gasteiger partial charge is 0.421 e. The molecule has 1 aromatic carbocycles. The van der Waals surface area contributed by atoms with Gasteiger partial charge in [-0.1, -0.05) is 5.16 Å². The fraction of sp³-hybridized carbons (Fsp3) is 0.474. The Morgan fingerprint density at radius 2 is 2.07 bits per heavy atom. The number of nitrogens with zero attached hydrogens (tertiary/aromatic N) is 5. The van der Waals surface area contributed by atoms with Gasteiger partial charge in [0.15, 0.2) is 0 Å². The van der Waals surface area contributed by atoms with Gasteiger partial charge in [0.05, 0.1) is 6.54 Å². The molecule has 0 N–H and O–H groups in total. The summed E-state index contributed by atoms with van der Waals surface area (Å²) in [6.45, 7) is 1.71. The van der Waals surface area contributed by atoms with Crippen molar-refractivity contribution in [3.63, 3.8) is 0 Å². The molecule has 2 aromatic heterocycles. The van der Waals surface area contributed by atoms with Crippen LogP contribution >= 0.6 is 0 Å². The van der Waals surface area contributed by atoms with Gasteiger partial charge in [0.1, 0.15) is 18.0 Å². The van der Waals surface area contributed by atoms with Crippen LogP contribution in [0.5, 0.6) is 0 Å². The van der Waals surface area contributed by atoms with Crippen LogP contribution in [0.1, 0.15) is 36.9 Å². The molecule has 2 atom stereocenters. The summed E-state index contributed by atoms with van der Waals surface area (Å²) in [5.74, 6) is 2.29. The highest BCUT2D eigenvalue weighted by molar-refractivity contribution is 5.53. The highest BCUT2D eigenvalue weighted by atomic mass is 19.1. The van der Waals surface area contributed by atoms with E-state index in [0.717, 1.165) is 31.4 Å². The second-order valence-electron chi connectivity index (χ2n) is 7.32. The Bertz CT molecular complexity index is 972. The van der Waals surface area contributed by atoms with Gasteiger partial charge in [-0.05, 0) is 49.4 Å². The summed E-state index contributed by atoms with van der Waals surface area (Å²) in [6, 6.07) is 6.04. The molecule has 1 aliphatic carbocycles. The van der Waals surface area contributed by atoms with Gasteiger partial charge >= 0.3 is 0 Å². The monoisotopic (exact) mass is 385 g/mol. The number of fused-ring (bicyclic) bond motifs is 1. The molecule has 146 valence electrons. The molecule has 1 saturated heterocycles. The van der Waals surface area contributed by atoms with Crippen molar-refractivity contribution in [3.8, 4) is 11.4 Å². The second kappa shape index (κ2) is 6.75. The van der Waals surface area contributed by atoms with Crippen molar-refractivity contribution in [2.75, 3.05) is 13.7 Å². The molecule has 3 heterocycles. The van der Waals surface area contributed by atoms with Gasteiger partial charge < -0.3 is 13.7 Å². The molecule has 0 amide bonds. The summed E-state index contributed by atoms with van der Waals surface area (Å²) < 4.78 is 29.6. The van der Waals surface area contributed by atoms with E-state index in [4.69, 9.17) is 13.7 Å². The van der Waals surface area contributed by atoms with Crippen LogP contribution in [0.4, 0.5) is 4.39 Å². The molecule has 1 saturated carbocycles. The Balaban J connectivity index is 1.38. The summed E-state index contributed by atoms with van der Waals surface area (Å²) in [6.07, 6.45) is 3.18. The molecular formula is C19H20FN5O3. The van der Waals surface area contributed by atoms with Crippen LogP contribution in [0, 0.1) is 11.7 Å². The van der Waals surface area contributed by atoms with Crippen molar-refractivity contribution in [1.82, 2.24) is 25.2 Å². The fourth-order valence-electron chi connectivity index (χ4n) is 4.38. The van der Waals surface area contributed by atoms with Crippen LogP contribution in [0.3, 0.4) is 0 Å². The van der Waals surface area contributed by atoms with E-state index >= 15 is 0 Å². The molecule has 0 bridgehead atoms. The minimum Gasteiger partial charge on any atom is -0.421 e. The van der Waals surface area contributed by atoms with E-state index in [2.05, 4.69) is 25.2 Å². The summed E-state index contributed by atoms with van der Waals surface area (Å²) in [5, 5.41) is 12.4. The van der Waals surface area contributed by atoms with E-state index in [1.54, 1.807) is 19.2 Å². The number of likely N-dealkylation sites (tertiary alicyclic amines) is 1. The number of halogens is 1. The summed E-state index contributed by atoms with van der Waals surface area (Å²) in [4.78, 5) is 6.79. The summed E-state index contributed by atoms with van der Waals surface area (Å²) >= 11 is 0. The average molecular weight is 385 g/mol. The molecule has 0 radical (unpaired) electrons. The Morgan fingerprint density at radius 1 is 1.21 bits per heavy atom. The minimum absolute atomic E-state index is 0.260. The molecule has 2 fully saturated rings. The van der Waals surface area contributed by atoms with Crippen molar-refractivity contribution in [3.05, 3.63) is 47.8 Å². The average Bonchev–Trinajstić information content (AvgIpc) is 3.37. The maximum absolute atomic E-state index is 13.1. The molecule has 0 spiro atoms. The number of hydrogen-bond acceptors (Lipinski definition) is 8. The third-order valence-corrected chi connectivity index (χ3v) is 5.86. The Labute approximate surface area is 160 Å². The first-order valence-electron chi connectivity index (χ1n) is 9.34. The zero-order valence-electron chi connectivity index (χ0n) is 15.5. The van der Waals surface area contributed by atoms with Crippen molar-refractivity contribution in [1.29, 1.82) is 0 Å². The zero-order chi connectivity index (χ0) is 19.1. The predicted octanol–water partition coefficient (Wildman–Crippen LogP) is 2.92. The van der Waals surface area contributed by atoms with Crippen LogP contribution in [-0.2, 0) is 23.4 Å². The minimum atomic E-state index is -0.296. The van der Waals surface area contributed by atoms with E-state index in [0.29, 0.717) is 42.6 Å². The highest BCUT2D eigenvalue weighted by Crippen LogP contribution is 2.56. The third kappa shape index (κ3) is 2.73. The Hall–Kier alpha value is -2.65. The van der Waals surface area contributed by atoms with Crippen molar-refractivity contribution < 1.29 is 18.1 Å². The number of rotatable bonds is 6. The van der Waals surface area contributed by atoms with E-state index in [-0.39, 0.29) is 11.4 Å². The first-order chi connectivity index (χ1) is 13.7. The highest BCUT2D eigenvalue weighted by Gasteiger charge is 2.59. The van der Waals surface area contributed by atoms with E-state index in [1.807, 2.05) is 0 Å². The maximum atomic E-state index is 13.1. The van der Waals surface area contributed by atoms with Crippen LogP contribution < -0.4 is 0 Å². The van der Waals surface area contributed by atoms with Gasteiger partial charge in [-0.3, -0.25) is 4.90 Å². The van der Waals surface area contributed by atoms with Crippen LogP contribution in [0.15, 0.2) is 33.2 Å². The van der Waals surface area contributed by atoms with Crippen LogP contribution in [0.2, 0.25) is 0 Å². The van der Waals surface area contributed by atoms with Crippen molar-refractivity contribution in [2.24, 2.45) is 5.92 Å². The standard InChI is InChI=1S/C19H20FN5O3/c1-26-11-16-22-23-18(27-16)19-8-6-13(19)7-9-25(19)10-15-21-17(24-28-15)12-2-4-14(20)5-3-12/h2-5,13H,6-11H2,1H3/t13-,19-/m0/s1. The maximum Gasteiger partial charge on any atom is 0.242 e. The van der Waals surface area contributed by atoms with Crippen molar-refractivity contribution >= 4 is 0 Å². The second-order valence-corrected chi connectivity index (χ2v) is 7.32. The molecular weight excluding hydrogens is 365 g/mol. The van der Waals surface area contributed by atoms with Gasteiger partial charge in [-0.25, -0.2) is 4.39 Å². The molecule has 9 heteroatoms. The lowest BCUT2D eigenvalue weighted by atomic mass is 9.67. The summed E-state index contributed by atoms with van der Waals surface area (Å²) in [7, 11) is 1.60. The normalized spacial score (nSPS) is 24.3. The van der Waals surface area contributed by atoms with Gasteiger partial charge in [0.25, 0.3) is 0 Å². The van der Waals surface area contributed by atoms with Gasteiger partial charge in [-0.2, -0.15) is 4.98 Å². The van der Waals surface area contributed by atoms with Gasteiger partial charge in [-0.15, -0.1) is 10.2 Å². The molecule has 2 aliphatic rings. The molecule has 3 aromatic rings. The Kier molecular flexibility index (Phi) is 4.21. The quantitative estimate of drug-likeness (QED) is 0.640. The van der Waals surface area contributed by atoms with Crippen LogP contribution in [0.25, 0.3) is 11.4 Å². The predicted molar refractivity (Wildman–Crippen MR) is 94.1 cm³/mol. The molecule has 8 nitrogen and oxygen atoms in total. The van der Waals surface area contributed by atoms with E-state index in [1.165, 1.54) is 12.1 Å². The number of ether oxygens (including phenoxy) is 1. The molecule has 1 aliphatic heterocycles. The third-order valence-electron chi connectivity index (χ3n) is 5.86. The topological polar surface area (TPSA) is 90.3 Å². The zero-order valence-corrected chi connectivity index (χ0v) is 15.5. The number of methoxy groups -OCH3 is 1. The first kappa shape index (κ1) is 17.4. The summed E-state index contributed by atoms with van der Waals surface area (Å²) in [5.41, 5.74) is 0.457. The fourth-order valence-corrected chi connectivity index (χ4v) is 4.38. The van der Waals surface area contributed by atoms with Gasteiger partial charge in [0, 0.05) is 19.2 Å². The molecule has 0 unspecified atom stereocenters. The van der Waals surface area contributed by atoms with E-state index < -0.39 is 0 Å². The lowest BCUT2D eigenvalue weighted by molar-refractivity contribution is -0.0221. The van der Waals surface area contributed by atoms with Crippen LogP contribution in [-0.4, -0.2) is 38.9 Å². The van der Waals surface area contributed by atoms with E-state index in [9.17, 15) is 4.39 Å².